The average Bonchev–Trinajstić information content (AvgIpc) is 2.91. The van der Waals surface area contributed by atoms with E-state index < -0.39 is 5.91 Å². The summed E-state index contributed by atoms with van der Waals surface area (Å²) in [4.78, 5) is 25.2. The fourth-order valence-electron chi connectivity index (χ4n) is 3.59. The zero-order chi connectivity index (χ0) is 25.3. The van der Waals surface area contributed by atoms with Crippen molar-refractivity contribution < 1.29 is 23.8 Å². The molecule has 0 unspecified atom stereocenters. The van der Waals surface area contributed by atoms with Gasteiger partial charge in [0.15, 0.2) is 18.1 Å². The van der Waals surface area contributed by atoms with E-state index in [9.17, 15) is 9.59 Å². The molecule has 0 aliphatic carbocycles. The van der Waals surface area contributed by atoms with Crippen molar-refractivity contribution in [1.29, 1.82) is 0 Å². The number of nitrogens with zero attached hydrogens (tertiary/aromatic N) is 1. The van der Waals surface area contributed by atoms with Gasteiger partial charge in [0, 0.05) is 11.3 Å². The first-order chi connectivity index (χ1) is 17.6. The molecule has 0 aliphatic rings. The van der Waals surface area contributed by atoms with E-state index in [0.717, 1.165) is 10.8 Å². The lowest BCUT2D eigenvalue weighted by Gasteiger charge is -2.13. The van der Waals surface area contributed by atoms with Gasteiger partial charge in [-0.15, -0.1) is 0 Å². The summed E-state index contributed by atoms with van der Waals surface area (Å²) in [6, 6.07) is 25.5. The van der Waals surface area contributed by atoms with Gasteiger partial charge in [-0.2, -0.15) is 5.10 Å². The SMILES string of the molecule is COc1cc2ccccc2cc1C(=O)NN=Cc1cccc(OC)c1OCC(=O)Nc1ccccc1. The zero-order valence-corrected chi connectivity index (χ0v) is 19.9. The van der Waals surface area contributed by atoms with Crippen LogP contribution in [0.2, 0.25) is 0 Å². The molecule has 2 N–H and O–H groups in total. The van der Waals surface area contributed by atoms with Gasteiger partial charge in [0.2, 0.25) is 0 Å². The van der Waals surface area contributed by atoms with Crippen LogP contribution >= 0.6 is 0 Å². The minimum Gasteiger partial charge on any atom is -0.496 e. The summed E-state index contributed by atoms with van der Waals surface area (Å²) < 4.78 is 16.5. The van der Waals surface area contributed by atoms with E-state index in [-0.39, 0.29) is 12.5 Å². The second-order valence-electron chi connectivity index (χ2n) is 7.68. The molecular formula is C28H25N3O5. The molecule has 36 heavy (non-hydrogen) atoms. The second kappa shape index (κ2) is 11.5. The van der Waals surface area contributed by atoms with Crippen molar-refractivity contribution in [3.8, 4) is 17.2 Å². The largest absolute Gasteiger partial charge is 0.496 e. The van der Waals surface area contributed by atoms with E-state index in [4.69, 9.17) is 14.2 Å². The number of rotatable bonds is 9. The number of para-hydroxylation sites is 2. The minimum atomic E-state index is -0.429. The van der Waals surface area contributed by atoms with Crippen molar-refractivity contribution in [3.05, 3.63) is 96.1 Å². The molecule has 0 spiro atoms. The molecule has 4 rings (SSSR count). The fraction of sp³-hybridized carbons (Fsp3) is 0.107. The van der Waals surface area contributed by atoms with E-state index in [1.54, 1.807) is 36.4 Å². The van der Waals surface area contributed by atoms with Gasteiger partial charge >= 0.3 is 0 Å². The molecule has 2 amide bonds. The number of benzene rings is 4. The Kier molecular flexibility index (Phi) is 7.77. The lowest BCUT2D eigenvalue weighted by Crippen LogP contribution is -2.21. The van der Waals surface area contributed by atoms with Crippen molar-refractivity contribution in [2.75, 3.05) is 26.1 Å². The van der Waals surface area contributed by atoms with Gasteiger partial charge in [0.25, 0.3) is 11.8 Å². The summed E-state index contributed by atoms with van der Waals surface area (Å²) in [6.45, 7) is -0.239. The predicted octanol–water partition coefficient (Wildman–Crippen LogP) is 4.64. The van der Waals surface area contributed by atoms with Crippen LogP contribution in [0.15, 0.2) is 90.0 Å². The maximum atomic E-state index is 12.8. The number of methoxy groups -OCH3 is 2. The Morgan fingerprint density at radius 2 is 1.53 bits per heavy atom. The van der Waals surface area contributed by atoms with Gasteiger partial charge in [-0.1, -0.05) is 48.5 Å². The quantitative estimate of drug-likeness (QED) is 0.267. The molecule has 0 heterocycles. The molecule has 0 radical (unpaired) electrons. The lowest BCUT2D eigenvalue weighted by atomic mass is 10.1. The summed E-state index contributed by atoms with van der Waals surface area (Å²) in [5.41, 5.74) is 4.07. The lowest BCUT2D eigenvalue weighted by molar-refractivity contribution is -0.118. The minimum absolute atomic E-state index is 0.239. The number of nitrogens with one attached hydrogen (secondary N) is 2. The van der Waals surface area contributed by atoms with Crippen LogP contribution in [0.3, 0.4) is 0 Å². The molecule has 0 bridgehead atoms. The molecule has 4 aromatic rings. The molecule has 4 aromatic carbocycles. The number of fused-ring (bicyclic) bond motifs is 1. The highest BCUT2D eigenvalue weighted by Crippen LogP contribution is 2.30. The van der Waals surface area contributed by atoms with Gasteiger partial charge in [-0.3, -0.25) is 9.59 Å². The van der Waals surface area contributed by atoms with Crippen LogP contribution < -0.4 is 25.0 Å². The fourth-order valence-corrected chi connectivity index (χ4v) is 3.59. The molecule has 0 atom stereocenters. The highest BCUT2D eigenvalue weighted by Gasteiger charge is 2.15. The third-order valence-electron chi connectivity index (χ3n) is 5.32. The summed E-state index contributed by atoms with van der Waals surface area (Å²) in [5, 5.41) is 8.72. The van der Waals surface area contributed by atoms with Crippen molar-refractivity contribution >= 4 is 34.5 Å². The first-order valence-corrected chi connectivity index (χ1v) is 11.1. The molecule has 0 aromatic heterocycles. The molecule has 0 saturated carbocycles. The third-order valence-corrected chi connectivity index (χ3v) is 5.32. The zero-order valence-electron chi connectivity index (χ0n) is 19.9. The van der Waals surface area contributed by atoms with E-state index in [1.165, 1.54) is 20.4 Å². The van der Waals surface area contributed by atoms with Crippen LogP contribution in [0.4, 0.5) is 5.69 Å². The Hall–Kier alpha value is -4.85. The van der Waals surface area contributed by atoms with Gasteiger partial charge in [0.05, 0.1) is 26.0 Å². The Bertz CT molecular complexity index is 1400. The van der Waals surface area contributed by atoms with Crippen molar-refractivity contribution in [2.24, 2.45) is 5.10 Å². The predicted molar refractivity (Wildman–Crippen MR) is 139 cm³/mol. The molecular weight excluding hydrogens is 458 g/mol. The van der Waals surface area contributed by atoms with E-state index in [2.05, 4.69) is 15.8 Å². The van der Waals surface area contributed by atoms with Gasteiger partial charge in [-0.05, 0) is 47.2 Å². The van der Waals surface area contributed by atoms with Crippen LogP contribution in [-0.2, 0) is 4.79 Å². The number of hydrogen-bond donors (Lipinski definition) is 2. The van der Waals surface area contributed by atoms with Crippen molar-refractivity contribution in [3.63, 3.8) is 0 Å². The number of carbonyl (C=O) groups is 2. The summed E-state index contributed by atoms with van der Waals surface area (Å²) in [5.74, 6) is 0.433. The smallest absolute Gasteiger partial charge is 0.275 e. The van der Waals surface area contributed by atoms with E-state index >= 15 is 0 Å². The standard InChI is InChI=1S/C28H25N3O5/c1-34-24-14-8-11-21(27(24)36-18-26(32)30-22-12-4-3-5-13-22)17-29-31-28(33)23-15-19-9-6-7-10-20(19)16-25(23)35-2/h3-17H,18H2,1-2H3,(H,30,32)(H,31,33). The highest BCUT2D eigenvalue weighted by molar-refractivity contribution is 6.02. The Balaban J connectivity index is 1.47. The number of ether oxygens (including phenoxy) is 3. The number of amides is 2. The topological polar surface area (TPSA) is 98.2 Å². The average molecular weight is 484 g/mol. The van der Waals surface area contributed by atoms with E-state index in [0.29, 0.717) is 34.1 Å². The number of anilines is 1. The first kappa shape index (κ1) is 24.3. The van der Waals surface area contributed by atoms with Crippen LogP contribution in [0.1, 0.15) is 15.9 Å². The van der Waals surface area contributed by atoms with Crippen LogP contribution in [0.5, 0.6) is 17.2 Å². The molecule has 8 heteroatoms. The summed E-state index contributed by atoms with van der Waals surface area (Å²) in [7, 11) is 3.01. The molecule has 0 fully saturated rings. The van der Waals surface area contributed by atoms with Crippen LogP contribution in [0.25, 0.3) is 10.8 Å². The molecule has 182 valence electrons. The monoisotopic (exact) mass is 483 g/mol. The summed E-state index contributed by atoms with van der Waals surface area (Å²) in [6.07, 6.45) is 1.43. The molecule has 0 saturated heterocycles. The van der Waals surface area contributed by atoms with Crippen LogP contribution in [-0.4, -0.2) is 38.9 Å². The van der Waals surface area contributed by atoms with Crippen molar-refractivity contribution in [1.82, 2.24) is 5.43 Å². The number of hydrogen-bond acceptors (Lipinski definition) is 6. The Morgan fingerprint density at radius 1 is 0.833 bits per heavy atom. The van der Waals surface area contributed by atoms with Gasteiger partial charge in [0.1, 0.15) is 5.75 Å². The Labute approximate surface area is 208 Å². The first-order valence-electron chi connectivity index (χ1n) is 11.1. The van der Waals surface area contributed by atoms with Crippen molar-refractivity contribution in [2.45, 2.75) is 0 Å². The highest BCUT2D eigenvalue weighted by atomic mass is 16.5. The molecule has 8 nitrogen and oxygen atoms in total. The van der Waals surface area contributed by atoms with Gasteiger partial charge in [-0.25, -0.2) is 5.43 Å². The Morgan fingerprint density at radius 3 is 2.25 bits per heavy atom. The molecule has 0 aliphatic heterocycles. The number of hydrazone groups is 1. The maximum absolute atomic E-state index is 12.8. The second-order valence-corrected chi connectivity index (χ2v) is 7.68. The van der Waals surface area contributed by atoms with Gasteiger partial charge < -0.3 is 19.5 Å². The van der Waals surface area contributed by atoms with E-state index in [1.807, 2.05) is 48.5 Å². The normalized spacial score (nSPS) is 10.7. The maximum Gasteiger partial charge on any atom is 0.275 e. The van der Waals surface area contributed by atoms with Crippen LogP contribution in [0, 0.1) is 0 Å². The third kappa shape index (κ3) is 5.79. The number of carbonyl (C=O) groups excluding carboxylic acids is 2. The summed E-state index contributed by atoms with van der Waals surface area (Å²) >= 11 is 0.